The van der Waals surface area contributed by atoms with E-state index in [1.165, 1.54) is 30.4 Å². The first-order valence-corrected chi connectivity index (χ1v) is 8.71. The van der Waals surface area contributed by atoms with Crippen molar-refractivity contribution in [2.24, 2.45) is 0 Å². The van der Waals surface area contributed by atoms with E-state index in [0.717, 1.165) is 22.1 Å². The zero-order valence-corrected chi connectivity index (χ0v) is 14.0. The second-order valence-corrected chi connectivity index (χ2v) is 7.02. The lowest BCUT2D eigenvalue weighted by atomic mass is 10.1. The minimum absolute atomic E-state index is 0.624. The molecule has 0 radical (unpaired) electrons. The molecule has 3 aromatic rings. The molecule has 0 unspecified atom stereocenters. The third kappa shape index (κ3) is 2.97. The first-order valence-electron chi connectivity index (χ1n) is 7.90. The molecule has 1 aliphatic carbocycles. The number of anilines is 1. The molecular formula is C18H17N3O2S. The van der Waals surface area contributed by atoms with Gasteiger partial charge in [0.2, 0.25) is 0 Å². The van der Waals surface area contributed by atoms with Gasteiger partial charge in [0.1, 0.15) is 0 Å². The molecule has 0 amide bonds. The predicted molar refractivity (Wildman–Crippen MR) is 97.8 cm³/mol. The van der Waals surface area contributed by atoms with Gasteiger partial charge in [0.15, 0.2) is 0 Å². The van der Waals surface area contributed by atoms with Gasteiger partial charge < -0.3 is 14.7 Å². The van der Waals surface area contributed by atoms with E-state index in [1.54, 1.807) is 0 Å². The Balaban J connectivity index is 1.57. The van der Waals surface area contributed by atoms with Crippen LogP contribution in [0.25, 0.3) is 11.0 Å². The van der Waals surface area contributed by atoms with Crippen molar-refractivity contribution in [1.82, 2.24) is 9.97 Å². The van der Waals surface area contributed by atoms with Crippen LogP contribution in [0, 0.1) is 6.92 Å². The minimum Gasteiger partial charge on any atom is -0.326 e. The molecule has 3 N–H and O–H groups in total. The van der Waals surface area contributed by atoms with E-state index < -0.39 is 11.1 Å². The van der Waals surface area contributed by atoms with Crippen molar-refractivity contribution in [2.45, 2.75) is 30.6 Å². The predicted octanol–water partition coefficient (Wildman–Crippen LogP) is 3.52. The molecule has 0 bridgehead atoms. The number of H-pyrrole nitrogens is 2. The van der Waals surface area contributed by atoms with E-state index in [2.05, 4.69) is 39.0 Å². The lowest BCUT2D eigenvalue weighted by molar-refractivity contribution is 1.13. The average Bonchev–Trinajstić information content (AvgIpc) is 3.40. The molecule has 1 fully saturated rings. The van der Waals surface area contributed by atoms with Crippen LogP contribution in [0.15, 0.2) is 50.9 Å². The number of aromatic amines is 2. The molecule has 1 aliphatic rings. The summed E-state index contributed by atoms with van der Waals surface area (Å²) in [6.45, 7) is 1.98. The summed E-state index contributed by atoms with van der Waals surface area (Å²) in [5, 5.41) is 0. The quantitative estimate of drug-likeness (QED) is 0.502. The van der Waals surface area contributed by atoms with Crippen LogP contribution >= 0.6 is 11.9 Å². The number of hydrogen-bond donors (Lipinski definition) is 3. The van der Waals surface area contributed by atoms with Gasteiger partial charge in [-0.2, -0.15) is 0 Å². The second kappa shape index (κ2) is 5.87. The number of fused-ring (bicyclic) bond motifs is 1. The number of benzene rings is 2. The summed E-state index contributed by atoms with van der Waals surface area (Å²) in [5.41, 5.74) is 3.47. The van der Waals surface area contributed by atoms with Gasteiger partial charge in [-0.25, -0.2) is 0 Å². The molecular weight excluding hydrogens is 322 g/mol. The minimum atomic E-state index is -0.633. The van der Waals surface area contributed by atoms with Gasteiger partial charge in [-0.1, -0.05) is 12.1 Å². The fourth-order valence-corrected chi connectivity index (χ4v) is 3.48. The molecule has 24 heavy (non-hydrogen) atoms. The Kier molecular flexibility index (Phi) is 3.69. The third-order valence-corrected chi connectivity index (χ3v) is 5.25. The van der Waals surface area contributed by atoms with Crippen molar-refractivity contribution in [3.63, 3.8) is 0 Å². The van der Waals surface area contributed by atoms with E-state index in [-0.39, 0.29) is 0 Å². The summed E-state index contributed by atoms with van der Waals surface area (Å²) in [5.74, 6) is 0.758. The molecule has 1 heterocycles. The molecule has 2 aromatic carbocycles. The Morgan fingerprint density at radius 3 is 2.25 bits per heavy atom. The van der Waals surface area contributed by atoms with Crippen LogP contribution in [0.1, 0.15) is 29.9 Å². The Morgan fingerprint density at radius 2 is 1.62 bits per heavy atom. The van der Waals surface area contributed by atoms with Gasteiger partial charge in [-0.3, -0.25) is 9.59 Å². The van der Waals surface area contributed by atoms with E-state index >= 15 is 0 Å². The average molecular weight is 339 g/mol. The van der Waals surface area contributed by atoms with E-state index in [1.807, 2.05) is 19.1 Å². The number of rotatable bonds is 4. The number of nitrogens with one attached hydrogen (secondary N) is 3. The fraction of sp³-hybridized carbons (Fsp3) is 0.222. The normalized spacial score (nSPS) is 14.0. The Morgan fingerprint density at radius 1 is 1.00 bits per heavy atom. The van der Waals surface area contributed by atoms with Gasteiger partial charge in [-0.05, 0) is 73.0 Å². The fourth-order valence-electron chi connectivity index (χ4n) is 2.72. The second-order valence-electron chi connectivity index (χ2n) is 6.17. The van der Waals surface area contributed by atoms with Gasteiger partial charge in [0.25, 0.3) is 0 Å². The maximum Gasteiger partial charge on any atom is 0.314 e. The highest BCUT2D eigenvalue weighted by molar-refractivity contribution is 8.00. The summed E-state index contributed by atoms with van der Waals surface area (Å²) < 4.78 is 3.33. The topological polar surface area (TPSA) is 77.8 Å². The zero-order valence-electron chi connectivity index (χ0n) is 13.2. The van der Waals surface area contributed by atoms with Crippen molar-refractivity contribution in [2.75, 3.05) is 4.72 Å². The van der Waals surface area contributed by atoms with Crippen LogP contribution in [-0.2, 0) is 0 Å². The van der Waals surface area contributed by atoms with E-state index in [0.29, 0.717) is 11.0 Å². The molecule has 0 saturated heterocycles. The van der Waals surface area contributed by atoms with Crippen molar-refractivity contribution in [3.05, 3.63) is 68.2 Å². The smallest absolute Gasteiger partial charge is 0.314 e. The molecule has 1 saturated carbocycles. The highest BCUT2D eigenvalue weighted by Gasteiger charge is 2.22. The summed E-state index contributed by atoms with van der Waals surface area (Å²) in [4.78, 5) is 29.1. The largest absolute Gasteiger partial charge is 0.326 e. The highest BCUT2D eigenvalue weighted by atomic mass is 32.2. The molecule has 0 aliphatic heterocycles. The van der Waals surface area contributed by atoms with Gasteiger partial charge in [0.05, 0.1) is 11.0 Å². The van der Waals surface area contributed by atoms with Crippen LogP contribution in [0.4, 0.5) is 5.69 Å². The van der Waals surface area contributed by atoms with Gasteiger partial charge in [-0.15, -0.1) is 0 Å². The molecule has 6 heteroatoms. The van der Waals surface area contributed by atoms with Gasteiger partial charge >= 0.3 is 11.1 Å². The lowest BCUT2D eigenvalue weighted by Gasteiger charge is -2.10. The molecule has 0 spiro atoms. The summed E-state index contributed by atoms with van der Waals surface area (Å²) in [7, 11) is 0. The van der Waals surface area contributed by atoms with Crippen molar-refractivity contribution < 1.29 is 0 Å². The number of aryl methyl sites for hydroxylation is 1. The van der Waals surface area contributed by atoms with Crippen LogP contribution < -0.4 is 15.8 Å². The summed E-state index contributed by atoms with van der Waals surface area (Å²) >= 11 is 1.49. The highest BCUT2D eigenvalue weighted by Crippen LogP contribution is 2.40. The van der Waals surface area contributed by atoms with Crippen molar-refractivity contribution >= 4 is 28.7 Å². The Hall–Kier alpha value is -2.47. The van der Waals surface area contributed by atoms with Crippen LogP contribution in [-0.4, -0.2) is 9.97 Å². The molecule has 4 rings (SSSR count). The lowest BCUT2D eigenvalue weighted by Crippen LogP contribution is -2.28. The summed E-state index contributed by atoms with van der Waals surface area (Å²) in [6, 6.07) is 12.3. The van der Waals surface area contributed by atoms with Crippen molar-refractivity contribution in [1.29, 1.82) is 0 Å². The number of aromatic nitrogens is 2. The first kappa shape index (κ1) is 15.1. The SMILES string of the molecule is Cc1cc2[nH]c(=O)c(=O)[nH]c2cc1SNc1ccc(C2CC2)cc1. The summed E-state index contributed by atoms with van der Waals surface area (Å²) in [6.07, 6.45) is 2.61. The van der Waals surface area contributed by atoms with Crippen LogP contribution in [0.2, 0.25) is 0 Å². The van der Waals surface area contributed by atoms with Crippen molar-refractivity contribution in [3.8, 4) is 0 Å². The maximum atomic E-state index is 11.5. The Labute approximate surface area is 142 Å². The van der Waals surface area contributed by atoms with Crippen LogP contribution in [0.3, 0.4) is 0 Å². The Bertz CT molecular complexity index is 1020. The molecule has 0 atom stereocenters. The third-order valence-electron chi connectivity index (χ3n) is 4.26. The standard InChI is InChI=1S/C18H17N3O2S/c1-10-8-14-15(20-18(23)17(22)19-14)9-16(10)24-21-13-6-4-12(5-7-13)11-2-3-11/h4-9,11,21H,2-3H2,1H3,(H,19,22)(H,20,23). The number of hydrogen-bond acceptors (Lipinski definition) is 4. The molecule has 1 aromatic heterocycles. The molecule has 5 nitrogen and oxygen atoms in total. The van der Waals surface area contributed by atoms with E-state index in [9.17, 15) is 9.59 Å². The monoisotopic (exact) mass is 339 g/mol. The van der Waals surface area contributed by atoms with Crippen LogP contribution in [0.5, 0.6) is 0 Å². The first-order chi connectivity index (χ1) is 11.6. The van der Waals surface area contributed by atoms with E-state index in [4.69, 9.17) is 0 Å². The molecule has 122 valence electrons. The maximum absolute atomic E-state index is 11.5. The van der Waals surface area contributed by atoms with Gasteiger partial charge in [0, 0.05) is 10.6 Å². The zero-order chi connectivity index (χ0) is 16.7.